The lowest BCUT2D eigenvalue weighted by Gasteiger charge is -2.06. The van der Waals surface area contributed by atoms with Gasteiger partial charge < -0.3 is 4.52 Å². The Morgan fingerprint density at radius 3 is 2.48 bits per heavy atom. The van der Waals surface area contributed by atoms with Gasteiger partial charge in [0.05, 0.1) is 3.79 Å². The molecular formula is C12H8BrN3O3S2. The highest BCUT2D eigenvalue weighted by atomic mass is 79.9. The van der Waals surface area contributed by atoms with Crippen molar-refractivity contribution < 1.29 is 12.9 Å². The van der Waals surface area contributed by atoms with E-state index in [2.05, 4.69) is 35.3 Å². The van der Waals surface area contributed by atoms with Gasteiger partial charge in [-0.25, -0.2) is 8.42 Å². The van der Waals surface area contributed by atoms with Gasteiger partial charge in [-0.15, -0.1) is 11.3 Å². The van der Waals surface area contributed by atoms with Crippen LogP contribution in [-0.4, -0.2) is 18.6 Å². The van der Waals surface area contributed by atoms with Crippen LogP contribution >= 0.6 is 27.3 Å². The summed E-state index contributed by atoms with van der Waals surface area (Å²) in [6, 6.07) is 9.96. The highest BCUT2D eigenvalue weighted by Gasteiger charge is 2.16. The highest BCUT2D eigenvalue weighted by Crippen LogP contribution is 2.28. The number of hydrogen-bond acceptors (Lipinski definition) is 6. The van der Waals surface area contributed by atoms with Crippen LogP contribution < -0.4 is 4.72 Å². The van der Waals surface area contributed by atoms with E-state index in [0.29, 0.717) is 11.5 Å². The molecule has 0 spiro atoms. The molecule has 0 unspecified atom stereocenters. The molecule has 0 saturated carbocycles. The van der Waals surface area contributed by atoms with Gasteiger partial charge in [0.2, 0.25) is 12.2 Å². The highest BCUT2D eigenvalue weighted by molar-refractivity contribution is 9.11. The Bertz CT molecular complexity index is 842. The minimum Gasteiger partial charge on any atom is -0.342 e. The van der Waals surface area contributed by atoms with E-state index in [9.17, 15) is 8.42 Å². The maximum absolute atomic E-state index is 12.2. The van der Waals surface area contributed by atoms with Gasteiger partial charge >= 0.3 is 0 Å². The maximum Gasteiger partial charge on any atom is 0.271 e. The van der Waals surface area contributed by atoms with Crippen LogP contribution in [0.1, 0.15) is 0 Å². The van der Waals surface area contributed by atoms with E-state index in [0.717, 1.165) is 20.7 Å². The van der Waals surface area contributed by atoms with Gasteiger partial charge in [-0.2, -0.15) is 4.98 Å². The molecule has 1 N–H and O–H groups in total. The molecule has 0 atom stereocenters. The quantitative estimate of drug-likeness (QED) is 0.743. The number of benzene rings is 1. The second-order valence-electron chi connectivity index (χ2n) is 4.00. The van der Waals surface area contributed by atoms with Gasteiger partial charge in [0.15, 0.2) is 0 Å². The van der Waals surface area contributed by atoms with Crippen LogP contribution in [0.15, 0.2) is 55.3 Å². The molecule has 6 nitrogen and oxygen atoms in total. The third kappa shape index (κ3) is 3.14. The first kappa shape index (κ1) is 14.2. The van der Waals surface area contributed by atoms with Crippen molar-refractivity contribution in [2.45, 2.75) is 4.21 Å². The van der Waals surface area contributed by atoms with Crippen molar-refractivity contribution >= 4 is 43.0 Å². The molecule has 3 rings (SSSR count). The number of halogens is 1. The largest absolute Gasteiger partial charge is 0.342 e. The average molecular weight is 386 g/mol. The van der Waals surface area contributed by atoms with Gasteiger partial charge in [0.25, 0.3) is 10.0 Å². The normalized spacial score (nSPS) is 11.5. The molecule has 9 heteroatoms. The monoisotopic (exact) mass is 385 g/mol. The first-order valence-electron chi connectivity index (χ1n) is 5.69. The van der Waals surface area contributed by atoms with Crippen LogP contribution in [0.5, 0.6) is 0 Å². The lowest BCUT2D eigenvalue weighted by atomic mass is 10.2. The first-order valence-corrected chi connectivity index (χ1v) is 8.79. The molecule has 108 valence electrons. The predicted octanol–water partition coefficient (Wildman–Crippen LogP) is 3.36. The van der Waals surface area contributed by atoms with Gasteiger partial charge in [-0.3, -0.25) is 4.72 Å². The number of sulfonamides is 1. The van der Waals surface area contributed by atoms with Gasteiger partial charge in [0.1, 0.15) is 4.21 Å². The predicted molar refractivity (Wildman–Crippen MR) is 82.6 cm³/mol. The Morgan fingerprint density at radius 1 is 1.14 bits per heavy atom. The van der Waals surface area contributed by atoms with Gasteiger partial charge in [-0.05, 0) is 52.3 Å². The van der Waals surface area contributed by atoms with E-state index in [1.807, 2.05) is 0 Å². The fraction of sp³-hybridized carbons (Fsp3) is 0. The smallest absolute Gasteiger partial charge is 0.271 e. The summed E-state index contributed by atoms with van der Waals surface area (Å²) in [5.41, 5.74) is 1.21. The number of nitrogens with one attached hydrogen (secondary N) is 1. The topological polar surface area (TPSA) is 85.1 Å². The second-order valence-corrected chi connectivity index (χ2v) is 8.37. The fourth-order valence-corrected chi connectivity index (χ4v) is 4.70. The molecule has 0 amide bonds. The van der Waals surface area contributed by atoms with Crippen LogP contribution in [-0.2, 0) is 10.0 Å². The zero-order chi connectivity index (χ0) is 14.9. The van der Waals surface area contributed by atoms with Crippen LogP contribution in [0.3, 0.4) is 0 Å². The Kier molecular flexibility index (Phi) is 3.79. The fourth-order valence-electron chi connectivity index (χ4n) is 1.63. The van der Waals surface area contributed by atoms with E-state index in [1.165, 1.54) is 6.39 Å². The lowest BCUT2D eigenvalue weighted by Crippen LogP contribution is -2.11. The number of aromatic nitrogens is 2. The van der Waals surface area contributed by atoms with Crippen molar-refractivity contribution in [1.29, 1.82) is 0 Å². The van der Waals surface area contributed by atoms with Gasteiger partial charge in [-0.1, -0.05) is 5.16 Å². The summed E-state index contributed by atoms with van der Waals surface area (Å²) in [5, 5.41) is 3.71. The summed E-state index contributed by atoms with van der Waals surface area (Å²) in [7, 11) is -3.57. The van der Waals surface area contributed by atoms with Crippen LogP contribution in [0, 0.1) is 0 Å². The molecule has 21 heavy (non-hydrogen) atoms. The summed E-state index contributed by atoms with van der Waals surface area (Å²) >= 11 is 4.39. The number of rotatable bonds is 4. The molecule has 2 aromatic heterocycles. The standard InChI is InChI=1S/C12H8BrN3O3S2/c13-10-5-6-11(20-10)21(17,18)16-9-3-1-8(2-4-9)12-14-7-19-15-12/h1-7,16H. The van der Waals surface area contributed by atoms with Crippen LogP contribution in [0.4, 0.5) is 5.69 Å². The lowest BCUT2D eigenvalue weighted by molar-refractivity contribution is 0.419. The minimum absolute atomic E-state index is 0.247. The van der Waals surface area contributed by atoms with E-state index in [4.69, 9.17) is 0 Å². The minimum atomic E-state index is -3.57. The van der Waals surface area contributed by atoms with E-state index >= 15 is 0 Å². The molecule has 0 fully saturated rings. The average Bonchev–Trinajstić information content (AvgIpc) is 3.10. The SMILES string of the molecule is O=S(=O)(Nc1ccc(-c2ncon2)cc1)c1ccc(Br)s1. The number of nitrogens with zero attached hydrogens (tertiary/aromatic N) is 2. The van der Waals surface area contributed by atoms with Crippen molar-refractivity contribution in [2.75, 3.05) is 4.72 Å². The first-order chi connectivity index (χ1) is 10.0. The Labute approximate surface area is 133 Å². The molecule has 0 radical (unpaired) electrons. The number of thiophene rings is 1. The number of anilines is 1. The number of hydrogen-bond donors (Lipinski definition) is 1. The summed E-state index contributed by atoms with van der Waals surface area (Å²) in [6.45, 7) is 0. The molecule has 0 aliphatic rings. The van der Waals surface area contributed by atoms with Crippen molar-refractivity contribution in [3.8, 4) is 11.4 Å². The van der Waals surface area contributed by atoms with E-state index in [-0.39, 0.29) is 4.21 Å². The molecule has 0 aliphatic carbocycles. The molecule has 0 bridgehead atoms. The summed E-state index contributed by atoms with van der Waals surface area (Å²) in [5.74, 6) is 0.451. The molecule has 1 aromatic carbocycles. The zero-order valence-electron chi connectivity index (χ0n) is 10.4. The van der Waals surface area contributed by atoms with E-state index in [1.54, 1.807) is 36.4 Å². The van der Waals surface area contributed by atoms with Crippen molar-refractivity contribution in [3.05, 3.63) is 46.6 Å². The molecule has 0 saturated heterocycles. The van der Waals surface area contributed by atoms with Crippen LogP contribution in [0.2, 0.25) is 0 Å². The Morgan fingerprint density at radius 2 is 1.90 bits per heavy atom. The summed E-state index contributed by atoms with van der Waals surface area (Å²) < 4.78 is 32.5. The third-order valence-corrected chi connectivity index (χ3v) is 6.07. The molecule has 2 heterocycles. The summed E-state index contributed by atoms with van der Waals surface area (Å²) in [4.78, 5) is 3.92. The maximum atomic E-state index is 12.2. The second kappa shape index (κ2) is 5.58. The van der Waals surface area contributed by atoms with Crippen molar-refractivity contribution in [1.82, 2.24) is 10.1 Å². The summed E-state index contributed by atoms with van der Waals surface area (Å²) in [6.07, 6.45) is 1.24. The van der Waals surface area contributed by atoms with Crippen molar-refractivity contribution in [2.24, 2.45) is 0 Å². The Balaban J connectivity index is 1.82. The molecule has 3 aromatic rings. The third-order valence-electron chi connectivity index (χ3n) is 2.57. The van der Waals surface area contributed by atoms with E-state index < -0.39 is 10.0 Å². The van der Waals surface area contributed by atoms with Crippen molar-refractivity contribution in [3.63, 3.8) is 0 Å². The Hall–Kier alpha value is -1.71. The molecule has 0 aliphatic heterocycles. The zero-order valence-corrected chi connectivity index (χ0v) is 13.6. The molecular weight excluding hydrogens is 378 g/mol. The van der Waals surface area contributed by atoms with Crippen LogP contribution in [0.25, 0.3) is 11.4 Å². The van der Waals surface area contributed by atoms with Gasteiger partial charge in [0, 0.05) is 11.3 Å².